The molecule has 0 aliphatic rings. The van der Waals surface area contributed by atoms with E-state index in [0.29, 0.717) is 27.7 Å². The molecule has 3 aromatic rings. The molecule has 1 aromatic carbocycles. The summed E-state index contributed by atoms with van der Waals surface area (Å²) in [6, 6.07) is 10.6. The number of benzene rings is 1. The summed E-state index contributed by atoms with van der Waals surface area (Å²) in [6.07, 6.45) is 1.44. The van der Waals surface area contributed by atoms with Gasteiger partial charge in [0, 0.05) is 29.1 Å². The van der Waals surface area contributed by atoms with Crippen LogP contribution in [0, 0.1) is 11.3 Å². The number of pyridine rings is 2. The van der Waals surface area contributed by atoms with E-state index in [4.69, 9.17) is 21.6 Å². The number of aryl methyl sites for hydroxylation is 1. The van der Waals surface area contributed by atoms with E-state index in [2.05, 4.69) is 10.3 Å². The van der Waals surface area contributed by atoms with Gasteiger partial charge < -0.3 is 14.6 Å². The third-order valence-electron chi connectivity index (χ3n) is 4.25. The highest BCUT2D eigenvalue weighted by atomic mass is 35.5. The molecule has 0 spiro atoms. The fourth-order valence-corrected chi connectivity index (χ4v) is 3.04. The number of nitriles is 1. The van der Waals surface area contributed by atoms with Crippen LogP contribution >= 0.6 is 11.6 Å². The average molecular weight is 369 g/mol. The number of anilines is 1. The van der Waals surface area contributed by atoms with Crippen LogP contribution in [0.2, 0.25) is 5.02 Å². The van der Waals surface area contributed by atoms with Gasteiger partial charge >= 0.3 is 0 Å². The van der Waals surface area contributed by atoms with Gasteiger partial charge in [-0.15, -0.1) is 0 Å². The summed E-state index contributed by atoms with van der Waals surface area (Å²) in [6.45, 7) is 1.87. The number of fused-ring (bicyclic) bond motifs is 1. The number of nitrogens with zero attached hydrogens (tertiary/aromatic N) is 3. The molecule has 0 bridgehead atoms. The summed E-state index contributed by atoms with van der Waals surface area (Å²) in [5.74, 6) is 0.942. The first-order valence-electron chi connectivity index (χ1n) is 7.94. The van der Waals surface area contributed by atoms with Gasteiger partial charge in [0.15, 0.2) is 0 Å². The molecule has 26 heavy (non-hydrogen) atoms. The molecular formula is C19H17ClN4O2. The molecule has 0 aliphatic heterocycles. The second kappa shape index (κ2) is 7.06. The molecule has 2 aromatic heterocycles. The van der Waals surface area contributed by atoms with Crippen molar-refractivity contribution in [1.82, 2.24) is 9.55 Å². The van der Waals surface area contributed by atoms with E-state index < -0.39 is 0 Å². The Balaban J connectivity index is 2.00. The number of hydrogen-bond acceptors (Lipinski definition) is 5. The molecule has 0 fully saturated rings. The number of nitrogens with one attached hydrogen (secondary N) is 1. The predicted molar refractivity (Wildman–Crippen MR) is 102 cm³/mol. The van der Waals surface area contributed by atoms with E-state index in [1.54, 1.807) is 23.7 Å². The maximum atomic E-state index is 12.7. The van der Waals surface area contributed by atoms with Crippen LogP contribution in [-0.4, -0.2) is 16.7 Å². The summed E-state index contributed by atoms with van der Waals surface area (Å²) >= 11 is 6.08. The van der Waals surface area contributed by atoms with Crippen molar-refractivity contribution in [1.29, 1.82) is 5.26 Å². The standard InChI is InChI=1S/C19H17ClN4O2/c1-11(23-18-8-17(26-3)13(9-21)10-22-18)15-7-12-6-14(20)4-5-16(12)24(2)19(15)25/h4-8,10-11H,1-3H3,(H,22,23)/t11-/m0/s1. The monoisotopic (exact) mass is 368 g/mol. The molecule has 132 valence electrons. The molecule has 0 amide bonds. The molecule has 1 atom stereocenters. The van der Waals surface area contributed by atoms with Crippen molar-refractivity contribution in [3.8, 4) is 11.8 Å². The van der Waals surface area contributed by atoms with Crippen molar-refractivity contribution >= 4 is 28.3 Å². The Morgan fingerprint density at radius 2 is 2.12 bits per heavy atom. The second-order valence-electron chi connectivity index (χ2n) is 5.91. The van der Waals surface area contributed by atoms with Gasteiger partial charge in [-0.3, -0.25) is 4.79 Å². The first kappa shape index (κ1) is 17.8. The number of hydrogen-bond donors (Lipinski definition) is 1. The Kier molecular flexibility index (Phi) is 4.83. The van der Waals surface area contributed by atoms with Gasteiger partial charge in [-0.05, 0) is 31.2 Å². The number of aromatic nitrogens is 2. The summed E-state index contributed by atoms with van der Waals surface area (Å²) in [7, 11) is 3.23. The Labute approximate surface area is 155 Å². The first-order valence-corrected chi connectivity index (χ1v) is 8.32. The lowest BCUT2D eigenvalue weighted by Gasteiger charge is -2.17. The van der Waals surface area contributed by atoms with E-state index in [1.165, 1.54) is 13.3 Å². The second-order valence-corrected chi connectivity index (χ2v) is 6.35. The summed E-state index contributed by atoms with van der Waals surface area (Å²) in [5, 5.41) is 13.7. The maximum absolute atomic E-state index is 12.7. The lowest BCUT2D eigenvalue weighted by Crippen LogP contribution is -2.25. The molecule has 7 heteroatoms. The third kappa shape index (κ3) is 3.22. The maximum Gasteiger partial charge on any atom is 0.256 e. The Morgan fingerprint density at radius 3 is 2.81 bits per heavy atom. The molecule has 0 saturated heterocycles. The van der Waals surface area contributed by atoms with Gasteiger partial charge in [0.2, 0.25) is 0 Å². The highest BCUT2D eigenvalue weighted by Crippen LogP contribution is 2.25. The topological polar surface area (TPSA) is 79.9 Å². The highest BCUT2D eigenvalue weighted by molar-refractivity contribution is 6.31. The zero-order valence-electron chi connectivity index (χ0n) is 14.6. The van der Waals surface area contributed by atoms with E-state index >= 15 is 0 Å². The predicted octanol–water partition coefficient (Wildman–Crippen LogP) is 3.64. The van der Waals surface area contributed by atoms with Crippen LogP contribution < -0.4 is 15.6 Å². The molecule has 2 heterocycles. The fraction of sp³-hybridized carbons (Fsp3) is 0.211. The summed E-state index contributed by atoms with van der Waals surface area (Å²) in [5.41, 5.74) is 1.66. The Hall–Kier alpha value is -3.04. The molecule has 1 N–H and O–H groups in total. The summed E-state index contributed by atoms with van der Waals surface area (Å²) < 4.78 is 6.80. The molecule has 3 rings (SSSR count). The van der Waals surface area contributed by atoms with Crippen LogP contribution in [0.1, 0.15) is 24.1 Å². The molecule has 0 saturated carbocycles. The average Bonchev–Trinajstić information content (AvgIpc) is 2.64. The van der Waals surface area contributed by atoms with Crippen LogP contribution in [0.3, 0.4) is 0 Å². The van der Waals surface area contributed by atoms with Gasteiger partial charge in [-0.1, -0.05) is 11.6 Å². The van der Waals surface area contributed by atoms with Crippen LogP contribution in [-0.2, 0) is 7.05 Å². The van der Waals surface area contributed by atoms with E-state index in [0.717, 1.165) is 10.9 Å². The normalized spacial score (nSPS) is 11.8. The third-order valence-corrected chi connectivity index (χ3v) is 4.49. The van der Waals surface area contributed by atoms with Crippen molar-refractivity contribution < 1.29 is 4.74 Å². The largest absolute Gasteiger partial charge is 0.495 e. The Morgan fingerprint density at radius 1 is 1.35 bits per heavy atom. The van der Waals surface area contributed by atoms with Crippen LogP contribution in [0.15, 0.2) is 41.3 Å². The van der Waals surface area contributed by atoms with Crippen molar-refractivity contribution in [2.75, 3.05) is 12.4 Å². The van der Waals surface area contributed by atoms with E-state index in [-0.39, 0.29) is 11.6 Å². The first-order chi connectivity index (χ1) is 12.4. The van der Waals surface area contributed by atoms with Crippen LogP contribution in [0.5, 0.6) is 5.75 Å². The fourth-order valence-electron chi connectivity index (χ4n) is 2.86. The molecule has 0 radical (unpaired) electrons. The number of methoxy groups -OCH3 is 1. The molecular weight excluding hydrogens is 352 g/mol. The van der Waals surface area contributed by atoms with Crippen molar-refractivity contribution in [2.45, 2.75) is 13.0 Å². The Bertz CT molecular complexity index is 1090. The van der Waals surface area contributed by atoms with Gasteiger partial charge in [-0.25, -0.2) is 4.98 Å². The van der Waals surface area contributed by atoms with Crippen molar-refractivity contribution in [2.24, 2.45) is 7.05 Å². The van der Waals surface area contributed by atoms with Crippen molar-refractivity contribution in [3.05, 3.63) is 63.0 Å². The van der Waals surface area contributed by atoms with E-state index in [1.807, 2.05) is 31.2 Å². The van der Waals surface area contributed by atoms with Gasteiger partial charge in [0.25, 0.3) is 5.56 Å². The minimum absolute atomic E-state index is 0.0968. The molecule has 0 unspecified atom stereocenters. The minimum Gasteiger partial charge on any atom is -0.495 e. The zero-order valence-corrected chi connectivity index (χ0v) is 15.3. The quantitative estimate of drug-likeness (QED) is 0.760. The summed E-state index contributed by atoms with van der Waals surface area (Å²) in [4.78, 5) is 16.9. The number of rotatable bonds is 4. The lowest BCUT2D eigenvalue weighted by atomic mass is 10.1. The zero-order chi connectivity index (χ0) is 18.8. The smallest absolute Gasteiger partial charge is 0.256 e. The molecule has 6 nitrogen and oxygen atoms in total. The van der Waals surface area contributed by atoms with Gasteiger partial charge in [-0.2, -0.15) is 5.26 Å². The lowest BCUT2D eigenvalue weighted by molar-refractivity contribution is 0.413. The van der Waals surface area contributed by atoms with Crippen LogP contribution in [0.4, 0.5) is 5.82 Å². The number of halogens is 1. The minimum atomic E-state index is -0.303. The highest BCUT2D eigenvalue weighted by Gasteiger charge is 2.15. The van der Waals surface area contributed by atoms with Gasteiger partial charge in [0.1, 0.15) is 23.2 Å². The van der Waals surface area contributed by atoms with Gasteiger partial charge in [0.05, 0.1) is 24.9 Å². The number of ether oxygens (including phenoxy) is 1. The molecule has 0 aliphatic carbocycles. The van der Waals surface area contributed by atoms with Crippen LogP contribution in [0.25, 0.3) is 10.9 Å². The van der Waals surface area contributed by atoms with E-state index in [9.17, 15) is 4.79 Å². The SMILES string of the molecule is COc1cc(N[C@@H](C)c2cc3cc(Cl)ccc3n(C)c2=O)ncc1C#N. The van der Waals surface area contributed by atoms with Crippen molar-refractivity contribution in [3.63, 3.8) is 0 Å².